The third-order valence-electron chi connectivity index (χ3n) is 3.42. The minimum absolute atomic E-state index is 0.171. The molecule has 0 saturated carbocycles. The molecular formula is C15H16N2O. The fourth-order valence-corrected chi connectivity index (χ4v) is 2.53. The van der Waals surface area contributed by atoms with E-state index in [4.69, 9.17) is 0 Å². The Balaban J connectivity index is 1.83. The van der Waals surface area contributed by atoms with Gasteiger partial charge in [0.25, 0.3) is 0 Å². The van der Waals surface area contributed by atoms with Crippen LogP contribution >= 0.6 is 0 Å². The Bertz CT molecular complexity index is 545. The summed E-state index contributed by atoms with van der Waals surface area (Å²) in [6.07, 6.45) is 4.42. The lowest BCUT2D eigenvalue weighted by molar-refractivity contribution is -0.118. The highest BCUT2D eigenvalue weighted by Crippen LogP contribution is 2.27. The van der Waals surface area contributed by atoms with E-state index in [1.807, 2.05) is 41.4 Å². The second kappa shape index (κ2) is 4.69. The summed E-state index contributed by atoms with van der Waals surface area (Å²) in [5.41, 5.74) is 3.34. The number of benzene rings is 1. The average Bonchev–Trinajstić information content (AvgIpc) is 2.91. The zero-order chi connectivity index (χ0) is 12.4. The summed E-state index contributed by atoms with van der Waals surface area (Å²) in [5, 5.41) is 0. The molecule has 0 radical (unpaired) electrons. The maximum Gasteiger partial charge on any atom is 0.232 e. The highest BCUT2D eigenvalue weighted by atomic mass is 16.2. The number of para-hydroxylation sites is 1. The van der Waals surface area contributed by atoms with Gasteiger partial charge in [-0.2, -0.15) is 0 Å². The molecule has 0 atom stereocenters. The lowest BCUT2D eigenvalue weighted by Gasteiger charge is -2.29. The molecule has 1 amide bonds. The summed E-state index contributed by atoms with van der Waals surface area (Å²) in [7, 11) is 0. The van der Waals surface area contributed by atoms with Crippen LogP contribution in [0.2, 0.25) is 0 Å². The molecule has 2 heterocycles. The number of rotatable bonds is 2. The van der Waals surface area contributed by atoms with E-state index in [-0.39, 0.29) is 5.91 Å². The number of hydrogen-bond acceptors (Lipinski definition) is 1. The first-order valence-electron chi connectivity index (χ1n) is 6.35. The van der Waals surface area contributed by atoms with Gasteiger partial charge in [-0.3, -0.25) is 4.79 Å². The second-order valence-electron chi connectivity index (χ2n) is 4.65. The largest absolute Gasteiger partial charge is 0.365 e. The first-order chi connectivity index (χ1) is 8.84. The monoisotopic (exact) mass is 240 g/mol. The summed E-state index contributed by atoms with van der Waals surface area (Å²) < 4.78 is 0. The fourth-order valence-electron chi connectivity index (χ4n) is 2.53. The molecule has 92 valence electrons. The molecule has 0 spiro atoms. The van der Waals surface area contributed by atoms with Crippen LogP contribution in [0.1, 0.15) is 17.7 Å². The van der Waals surface area contributed by atoms with Gasteiger partial charge in [0.05, 0.1) is 6.42 Å². The Kier molecular flexibility index (Phi) is 2.89. The van der Waals surface area contributed by atoms with Crippen LogP contribution in [0.25, 0.3) is 0 Å². The van der Waals surface area contributed by atoms with E-state index in [2.05, 4.69) is 11.1 Å². The smallest absolute Gasteiger partial charge is 0.232 e. The molecule has 1 aromatic heterocycles. The van der Waals surface area contributed by atoms with Crippen molar-refractivity contribution in [2.24, 2.45) is 0 Å². The van der Waals surface area contributed by atoms with Crippen molar-refractivity contribution in [1.82, 2.24) is 4.98 Å². The molecule has 0 unspecified atom stereocenters. The van der Waals surface area contributed by atoms with Crippen molar-refractivity contribution < 1.29 is 4.79 Å². The summed E-state index contributed by atoms with van der Waals surface area (Å²) in [4.78, 5) is 17.3. The molecule has 1 aliphatic rings. The number of carbonyl (C=O) groups is 1. The molecule has 1 aromatic carbocycles. The standard InChI is InChI=1S/C15H16N2O/c18-15(11-13-7-3-9-16-13)17-10-4-6-12-5-1-2-8-14(12)17/h1-3,5,7-9,16H,4,6,10-11H2. The van der Waals surface area contributed by atoms with Crippen molar-refractivity contribution in [3.8, 4) is 0 Å². The molecule has 1 N–H and O–H groups in total. The van der Waals surface area contributed by atoms with Crippen LogP contribution in [0.4, 0.5) is 5.69 Å². The molecule has 1 aliphatic heterocycles. The molecule has 18 heavy (non-hydrogen) atoms. The van der Waals surface area contributed by atoms with Crippen LogP contribution in [0.3, 0.4) is 0 Å². The predicted molar refractivity (Wildman–Crippen MR) is 71.6 cm³/mol. The zero-order valence-corrected chi connectivity index (χ0v) is 10.2. The molecule has 3 nitrogen and oxygen atoms in total. The van der Waals surface area contributed by atoms with Crippen LogP contribution in [0, 0.1) is 0 Å². The Hall–Kier alpha value is -2.03. The zero-order valence-electron chi connectivity index (χ0n) is 10.2. The van der Waals surface area contributed by atoms with E-state index >= 15 is 0 Å². The van der Waals surface area contributed by atoms with Crippen molar-refractivity contribution in [2.45, 2.75) is 19.3 Å². The minimum Gasteiger partial charge on any atom is -0.365 e. The van der Waals surface area contributed by atoms with Gasteiger partial charge in [0.1, 0.15) is 0 Å². The molecule has 0 fully saturated rings. The van der Waals surface area contributed by atoms with Gasteiger partial charge in [-0.25, -0.2) is 0 Å². The van der Waals surface area contributed by atoms with E-state index in [9.17, 15) is 4.79 Å². The van der Waals surface area contributed by atoms with Crippen molar-refractivity contribution in [1.29, 1.82) is 0 Å². The first kappa shape index (κ1) is 11.1. The van der Waals surface area contributed by atoms with E-state index in [0.29, 0.717) is 6.42 Å². The highest BCUT2D eigenvalue weighted by Gasteiger charge is 2.22. The van der Waals surface area contributed by atoms with Gasteiger partial charge < -0.3 is 9.88 Å². The summed E-state index contributed by atoms with van der Waals surface area (Å²) in [6.45, 7) is 0.830. The third-order valence-corrected chi connectivity index (χ3v) is 3.42. The Labute approximate surface area is 106 Å². The lowest BCUT2D eigenvalue weighted by atomic mass is 10.0. The van der Waals surface area contributed by atoms with E-state index < -0.39 is 0 Å². The molecule has 3 rings (SSSR count). The number of nitrogens with zero attached hydrogens (tertiary/aromatic N) is 1. The molecule has 3 heteroatoms. The Morgan fingerprint density at radius 1 is 1.22 bits per heavy atom. The number of anilines is 1. The van der Waals surface area contributed by atoms with Crippen LogP contribution in [0.5, 0.6) is 0 Å². The number of fused-ring (bicyclic) bond motifs is 1. The summed E-state index contributed by atoms with van der Waals surface area (Å²) in [6, 6.07) is 12.1. The van der Waals surface area contributed by atoms with Crippen LogP contribution in [0.15, 0.2) is 42.6 Å². The molecule has 0 aliphatic carbocycles. The van der Waals surface area contributed by atoms with Gasteiger partial charge in [0, 0.05) is 24.1 Å². The number of carbonyl (C=O) groups excluding carboxylic acids is 1. The molecule has 0 bridgehead atoms. The minimum atomic E-state index is 0.171. The van der Waals surface area contributed by atoms with E-state index in [1.54, 1.807) is 0 Å². The van der Waals surface area contributed by atoms with Gasteiger partial charge in [-0.1, -0.05) is 18.2 Å². The maximum absolute atomic E-state index is 12.3. The third kappa shape index (κ3) is 2.04. The SMILES string of the molecule is O=C(Cc1ccc[nH]1)N1CCCc2ccccc21. The molecule has 2 aromatic rings. The lowest BCUT2D eigenvalue weighted by Crippen LogP contribution is -2.36. The first-order valence-corrected chi connectivity index (χ1v) is 6.35. The van der Waals surface area contributed by atoms with Crippen molar-refractivity contribution >= 4 is 11.6 Å². The summed E-state index contributed by atoms with van der Waals surface area (Å²) >= 11 is 0. The number of hydrogen-bond donors (Lipinski definition) is 1. The normalized spacial score (nSPS) is 14.3. The van der Waals surface area contributed by atoms with Gasteiger partial charge in [-0.05, 0) is 36.6 Å². The number of aromatic nitrogens is 1. The van der Waals surface area contributed by atoms with Crippen molar-refractivity contribution in [2.75, 3.05) is 11.4 Å². The van der Waals surface area contributed by atoms with Gasteiger partial charge >= 0.3 is 0 Å². The average molecular weight is 240 g/mol. The topological polar surface area (TPSA) is 36.1 Å². The van der Waals surface area contributed by atoms with Crippen molar-refractivity contribution in [3.63, 3.8) is 0 Å². The number of aromatic amines is 1. The maximum atomic E-state index is 12.3. The number of H-pyrrole nitrogens is 1. The molecule has 0 saturated heterocycles. The Morgan fingerprint density at radius 2 is 2.11 bits per heavy atom. The fraction of sp³-hybridized carbons (Fsp3) is 0.267. The number of nitrogens with one attached hydrogen (secondary N) is 1. The Morgan fingerprint density at radius 3 is 2.94 bits per heavy atom. The van der Waals surface area contributed by atoms with Crippen molar-refractivity contribution in [3.05, 3.63) is 53.9 Å². The van der Waals surface area contributed by atoms with Crippen LogP contribution in [-0.2, 0) is 17.6 Å². The second-order valence-corrected chi connectivity index (χ2v) is 4.65. The highest BCUT2D eigenvalue weighted by molar-refractivity contribution is 5.95. The van der Waals surface area contributed by atoms with Crippen LogP contribution < -0.4 is 4.90 Å². The predicted octanol–water partition coefficient (Wildman–Crippen LogP) is 2.54. The molecular weight excluding hydrogens is 224 g/mol. The number of aryl methyl sites for hydroxylation is 1. The number of amides is 1. The quantitative estimate of drug-likeness (QED) is 0.860. The van der Waals surface area contributed by atoms with E-state index in [0.717, 1.165) is 30.8 Å². The van der Waals surface area contributed by atoms with Gasteiger partial charge in [0.2, 0.25) is 5.91 Å². The van der Waals surface area contributed by atoms with E-state index in [1.165, 1.54) is 5.56 Å². The van der Waals surface area contributed by atoms with Crippen LogP contribution in [-0.4, -0.2) is 17.4 Å². The van der Waals surface area contributed by atoms with Gasteiger partial charge in [-0.15, -0.1) is 0 Å². The summed E-state index contributed by atoms with van der Waals surface area (Å²) in [5.74, 6) is 0.171. The van der Waals surface area contributed by atoms with Gasteiger partial charge in [0.15, 0.2) is 0 Å².